The van der Waals surface area contributed by atoms with Crippen molar-refractivity contribution in [3.8, 4) is 0 Å². The number of carbonyl (C=O) groups is 2. The van der Waals surface area contributed by atoms with E-state index >= 15 is 0 Å². The summed E-state index contributed by atoms with van der Waals surface area (Å²) in [7, 11) is 1.82. The topological polar surface area (TPSA) is 128 Å². The molecule has 0 saturated heterocycles. The molecule has 164 valence electrons. The fraction of sp³-hybridized carbons (Fsp3) is 0.409. The number of pyridine rings is 1. The summed E-state index contributed by atoms with van der Waals surface area (Å²) in [6.07, 6.45) is 6.16. The van der Waals surface area contributed by atoms with Gasteiger partial charge in [0.25, 0.3) is 0 Å². The second-order valence-electron chi connectivity index (χ2n) is 8.05. The smallest absolute Gasteiger partial charge is 0.222 e. The number of hydrogen-bond acceptors (Lipinski definition) is 7. The molecular weight excluding hydrogens is 394 g/mol. The maximum atomic E-state index is 12.8. The van der Waals surface area contributed by atoms with Crippen molar-refractivity contribution in [3.05, 3.63) is 41.9 Å². The van der Waals surface area contributed by atoms with Crippen molar-refractivity contribution in [1.29, 1.82) is 0 Å². The molecule has 3 rings (SSSR count). The Kier molecular flexibility index (Phi) is 6.53. The maximum Gasteiger partial charge on any atom is 0.222 e. The second kappa shape index (κ2) is 9.11. The molecule has 4 N–H and O–H groups in total. The highest BCUT2D eigenvalue weighted by Gasteiger charge is 2.26. The first kappa shape index (κ1) is 22.2. The van der Waals surface area contributed by atoms with E-state index in [9.17, 15) is 9.59 Å². The molecule has 0 fully saturated rings. The number of unbranched alkanes of at least 4 members (excludes halogenated alkanes) is 1. The highest BCUT2D eigenvalue weighted by molar-refractivity contribution is 6.09. The van der Waals surface area contributed by atoms with Gasteiger partial charge in [-0.3, -0.25) is 9.59 Å². The van der Waals surface area contributed by atoms with Crippen molar-refractivity contribution in [3.63, 3.8) is 0 Å². The van der Waals surface area contributed by atoms with Crippen LogP contribution in [0.1, 0.15) is 56.1 Å². The van der Waals surface area contributed by atoms with Gasteiger partial charge < -0.3 is 20.9 Å². The van der Waals surface area contributed by atoms with E-state index in [1.165, 1.54) is 13.1 Å². The number of aryl methyl sites for hydroxylation is 1. The summed E-state index contributed by atoms with van der Waals surface area (Å²) < 4.78 is 1.76. The first-order chi connectivity index (χ1) is 14.7. The van der Waals surface area contributed by atoms with Gasteiger partial charge in [-0.25, -0.2) is 9.97 Å². The van der Waals surface area contributed by atoms with Crippen LogP contribution >= 0.6 is 0 Å². The van der Waals surface area contributed by atoms with Crippen molar-refractivity contribution in [2.75, 3.05) is 17.6 Å². The molecule has 0 spiro atoms. The Morgan fingerprint density at radius 1 is 1.29 bits per heavy atom. The third-order valence-electron chi connectivity index (χ3n) is 5.22. The summed E-state index contributed by atoms with van der Waals surface area (Å²) in [4.78, 5) is 37.4. The first-order valence-corrected chi connectivity index (χ1v) is 10.3. The van der Waals surface area contributed by atoms with Crippen molar-refractivity contribution < 1.29 is 9.59 Å². The van der Waals surface area contributed by atoms with Crippen LogP contribution in [-0.2, 0) is 11.8 Å². The Bertz CT molecular complexity index is 1110. The summed E-state index contributed by atoms with van der Waals surface area (Å²) in [5, 5.41) is 6.30. The quantitative estimate of drug-likeness (QED) is 0.451. The second-order valence-corrected chi connectivity index (χ2v) is 8.05. The highest BCUT2D eigenvalue weighted by Crippen LogP contribution is 2.26. The normalized spacial score (nSPS) is 13.0. The summed E-state index contributed by atoms with van der Waals surface area (Å²) in [6.45, 7) is 6.06. The molecule has 3 aromatic heterocycles. The number of fused-ring (bicyclic) bond motifs is 1. The Labute approximate surface area is 181 Å². The molecule has 9 nitrogen and oxygen atoms in total. The zero-order valence-corrected chi connectivity index (χ0v) is 18.4. The van der Waals surface area contributed by atoms with Gasteiger partial charge in [0, 0.05) is 38.5 Å². The van der Waals surface area contributed by atoms with Gasteiger partial charge in [0.15, 0.2) is 5.82 Å². The molecule has 0 bridgehead atoms. The van der Waals surface area contributed by atoms with E-state index in [-0.39, 0.29) is 17.6 Å². The molecule has 3 aromatic rings. The average molecular weight is 424 g/mol. The number of hydrogen-bond donors (Lipinski definition) is 3. The van der Waals surface area contributed by atoms with Crippen LogP contribution in [0, 0.1) is 0 Å². The van der Waals surface area contributed by atoms with Crippen LogP contribution in [0.2, 0.25) is 0 Å². The molecular formula is C22H29N7O2. The number of nitrogen functional groups attached to an aromatic ring is 1. The number of nitrogens with zero attached hydrogens (tertiary/aromatic N) is 4. The molecule has 0 radical (unpaired) electrons. The highest BCUT2D eigenvalue weighted by atomic mass is 16.1. The number of anilines is 2. The van der Waals surface area contributed by atoms with E-state index in [1.54, 1.807) is 16.7 Å². The maximum absolute atomic E-state index is 12.8. The van der Waals surface area contributed by atoms with Crippen molar-refractivity contribution in [2.24, 2.45) is 7.05 Å². The summed E-state index contributed by atoms with van der Waals surface area (Å²) >= 11 is 0. The minimum absolute atomic E-state index is 0.0811. The third-order valence-corrected chi connectivity index (χ3v) is 5.22. The molecule has 0 saturated carbocycles. The van der Waals surface area contributed by atoms with Gasteiger partial charge in [-0.1, -0.05) is 19.8 Å². The van der Waals surface area contributed by atoms with Crippen LogP contribution < -0.4 is 16.4 Å². The number of nitrogens with two attached hydrogens (primary N) is 1. The summed E-state index contributed by atoms with van der Waals surface area (Å²) in [5.41, 5.74) is 7.49. The minimum atomic E-state index is -0.450. The van der Waals surface area contributed by atoms with Gasteiger partial charge >= 0.3 is 0 Å². The number of rotatable bonds is 9. The van der Waals surface area contributed by atoms with Gasteiger partial charge in [-0.05, 0) is 31.5 Å². The van der Waals surface area contributed by atoms with Gasteiger partial charge in [-0.15, -0.1) is 0 Å². The van der Waals surface area contributed by atoms with Crippen LogP contribution in [-0.4, -0.2) is 43.3 Å². The molecule has 1 atom stereocenters. The molecule has 0 aliphatic heterocycles. The van der Waals surface area contributed by atoms with Crippen molar-refractivity contribution in [1.82, 2.24) is 24.8 Å². The first-order valence-electron chi connectivity index (χ1n) is 10.3. The van der Waals surface area contributed by atoms with E-state index in [1.807, 2.05) is 26.2 Å². The van der Waals surface area contributed by atoms with E-state index in [2.05, 4.69) is 32.5 Å². The van der Waals surface area contributed by atoms with Gasteiger partial charge in [0.05, 0.1) is 16.7 Å². The van der Waals surface area contributed by atoms with Crippen LogP contribution in [0.3, 0.4) is 0 Å². The molecule has 31 heavy (non-hydrogen) atoms. The predicted molar refractivity (Wildman–Crippen MR) is 121 cm³/mol. The van der Waals surface area contributed by atoms with Gasteiger partial charge in [-0.2, -0.15) is 4.98 Å². The van der Waals surface area contributed by atoms with E-state index in [0.717, 1.165) is 19.3 Å². The SMILES string of the molecule is CCCC[C@](C)(CNC(C)=O)Nc1nc(N)nc2cc(C(=O)c3cccn3C)cnc12. The Morgan fingerprint density at radius 2 is 2.06 bits per heavy atom. The average Bonchev–Trinajstić information content (AvgIpc) is 3.15. The summed E-state index contributed by atoms with van der Waals surface area (Å²) in [5.74, 6) is 0.313. The molecule has 1 amide bonds. The van der Waals surface area contributed by atoms with Crippen molar-refractivity contribution >= 4 is 34.5 Å². The molecule has 0 aliphatic rings. The van der Waals surface area contributed by atoms with E-state index in [4.69, 9.17) is 5.73 Å². The minimum Gasteiger partial charge on any atom is -0.368 e. The van der Waals surface area contributed by atoms with E-state index < -0.39 is 5.54 Å². The lowest BCUT2D eigenvalue weighted by Crippen LogP contribution is -2.46. The molecule has 9 heteroatoms. The number of nitrogens with one attached hydrogen (secondary N) is 2. The van der Waals surface area contributed by atoms with Gasteiger partial charge in [0.1, 0.15) is 5.52 Å². The zero-order chi connectivity index (χ0) is 22.6. The van der Waals surface area contributed by atoms with E-state index in [0.29, 0.717) is 34.7 Å². The predicted octanol–water partition coefficient (Wildman–Crippen LogP) is 2.67. The number of amides is 1. The molecule has 0 aliphatic carbocycles. The zero-order valence-electron chi connectivity index (χ0n) is 18.4. The molecule has 0 unspecified atom stereocenters. The van der Waals surface area contributed by atoms with Crippen LogP contribution in [0.25, 0.3) is 11.0 Å². The lowest BCUT2D eigenvalue weighted by Gasteiger charge is -2.32. The lowest BCUT2D eigenvalue weighted by atomic mass is 9.94. The lowest BCUT2D eigenvalue weighted by molar-refractivity contribution is -0.119. The fourth-order valence-electron chi connectivity index (χ4n) is 3.46. The number of ketones is 1. The number of aromatic nitrogens is 4. The molecule has 3 heterocycles. The largest absolute Gasteiger partial charge is 0.368 e. The Balaban J connectivity index is 1.97. The van der Waals surface area contributed by atoms with Crippen LogP contribution in [0.15, 0.2) is 30.6 Å². The Morgan fingerprint density at radius 3 is 2.71 bits per heavy atom. The Hall–Kier alpha value is -3.49. The monoisotopic (exact) mass is 423 g/mol. The standard InChI is InChI=1S/C22H29N7O2/c1-5-6-9-22(3,13-25-14(2)30)28-20-18-16(26-21(23)27-20)11-15(12-24-18)19(31)17-8-7-10-29(17)4/h7-8,10-12H,5-6,9,13H2,1-4H3,(H,25,30)(H3,23,26,27,28)/t22-/m1/s1. The summed E-state index contributed by atoms with van der Waals surface area (Å²) in [6, 6.07) is 5.25. The fourth-order valence-corrected chi connectivity index (χ4v) is 3.46. The van der Waals surface area contributed by atoms with Crippen molar-refractivity contribution in [2.45, 2.75) is 45.6 Å². The molecule has 0 aromatic carbocycles. The van der Waals surface area contributed by atoms with Crippen LogP contribution in [0.5, 0.6) is 0 Å². The van der Waals surface area contributed by atoms with Gasteiger partial charge in [0.2, 0.25) is 17.6 Å². The number of carbonyl (C=O) groups excluding carboxylic acids is 2. The van der Waals surface area contributed by atoms with Crippen LogP contribution in [0.4, 0.5) is 11.8 Å². The third kappa shape index (κ3) is 5.17.